The van der Waals surface area contributed by atoms with Crippen LogP contribution in [0.15, 0.2) is 60.7 Å². The van der Waals surface area contributed by atoms with E-state index in [9.17, 15) is 0 Å². The fourth-order valence-electron chi connectivity index (χ4n) is 2.38. The van der Waals surface area contributed by atoms with Gasteiger partial charge in [0.05, 0.1) is 0 Å². The summed E-state index contributed by atoms with van der Waals surface area (Å²) in [5, 5.41) is 0. The van der Waals surface area contributed by atoms with Crippen molar-refractivity contribution in [2.24, 2.45) is 0 Å². The SMILES string of the molecule is CC(C)(C)[As+](C)(c1ccccc1)c1ccccc1. The maximum atomic E-state index is 2.52. The average Bonchev–Trinajstić information content (AvgIpc) is 2.38. The number of rotatable bonds is 2. The van der Waals surface area contributed by atoms with E-state index < -0.39 is 13.6 Å². The van der Waals surface area contributed by atoms with Crippen LogP contribution in [0.5, 0.6) is 0 Å². The van der Waals surface area contributed by atoms with E-state index in [0.717, 1.165) is 0 Å². The van der Waals surface area contributed by atoms with Gasteiger partial charge in [-0.05, 0) is 0 Å². The molecule has 0 heterocycles. The maximum absolute atomic E-state index is 2.52. The molecule has 0 amide bonds. The number of hydrogen-bond donors (Lipinski definition) is 0. The summed E-state index contributed by atoms with van der Waals surface area (Å²) < 4.78 is 3.43. The van der Waals surface area contributed by atoms with Crippen molar-refractivity contribution in [2.75, 3.05) is 0 Å². The third kappa shape index (κ3) is 2.27. The predicted octanol–water partition coefficient (Wildman–Crippen LogP) is 3.68. The Morgan fingerprint density at radius 3 is 1.28 bits per heavy atom. The van der Waals surface area contributed by atoms with Crippen molar-refractivity contribution < 1.29 is 0 Å². The van der Waals surface area contributed by atoms with Crippen molar-refractivity contribution in [3.63, 3.8) is 0 Å². The molecule has 2 aromatic rings. The van der Waals surface area contributed by atoms with E-state index in [1.165, 1.54) is 0 Å². The summed E-state index contributed by atoms with van der Waals surface area (Å²) >= 11 is -2.11. The summed E-state index contributed by atoms with van der Waals surface area (Å²) in [6, 6.07) is 22.1. The molecule has 0 spiro atoms. The van der Waals surface area contributed by atoms with Crippen molar-refractivity contribution in [1.29, 1.82) is 0 Å². The van der Waals surface area contributed by atoms with E-state index >= 15 is 0 Å². The Hall–Kier alpha value is -1.00. The number of hydrogen-bond acceptors (Lipinski definition) is 0. The van der Waals surface area contributed by atoms with E-state index in [2.05, 4.69) is 87.1 Å². The van der Waals surface area contributed by atoms with Crippen LogP contribution >= 0.6 is 0 Å². The molecule has 0 fully saturated rings. The first kappa shape index (κ1) is 13.4. The molecule has 1 heteroatoms. The minimum absolute atomic E-state index is 0.334. The first-order valence-electron chi connectivity index (χ1n) is 6.44. The van der Waals surface area contributed by atoms with Gasteiger partial charge in [-0.3, -0.25) is 0 Å². The molecule has 0 nitrogen and oxygen atoms in total. The van der Waals surface area contributed by atoms with Crippen molar-refractivity contribution in [3.8, 4) is 0 Å². The first-order valence-corrected chi connectivity index (χ1v) is 11.1. The van der Waals surface area contributed by atoms with Gasteiger partial charge in [-0.25, -0.2) is 0 Å². The molecular formula is C17H22As+. The molecule has 0 saturated carbocycles. The molecule has 2 aromatic carbocycles. The van der Waals surface area contributed by atoms with Crippen LogP contribution < -0.4 is 8.70 Å². The van der Waals surface area contributed by atoms with Gasteiger partial charge in [-0.1, -0.05) is 0 Å². The molecule has 0 bridgehead atoms. The van der Waals surface area contributed by atoms with Crippen LogP contribution in [0.4, 0.5) is 0 Å². The Bertz CT molecular complexity index is 455. The van der Waals surface area contributed by atoms with Crippen LogP contribution in [0.2, 0.25) is 9.91 Å². The van der Waals surface area contributed by atoms with Crippen LogP contribution in [0.3, 0.4) is 0 Å². The Kier molecular flexibility index (Phi) is 3.68. The average molecular weight is 301 g/mol. The zero-order chi connectivity index (χ0) is 13.2. The van der Waals surface area contributed by atoms with Gasteiger partial charge in [0.1, 0.15) is 0 Å². The molecule has 0 aliphatic heterocycles. The van der Waals surface area contributed by atoms with Gasteiger partial charge >= 0.3 is 114 Å². The third-order valence-electron chi connectivity index (χ3n) is 3.89. The Labute approximate surface area is 114 Å². The van der Waals surface area contributed by atoms with Gasteiger partial charge in [0.25, 0.3) is 0 Å². The summed E-state index contributed by atoms with van der Waals surface area (Å²) in [6.45, 7) is 7.17. The van der Waals surface area contributed by atoms with Crippen molar-refractivity contribution >= 4 is 22.3 Å². The molecule has 0 aliphatic carbocycles. The Morgan fingerprint density at radius 2 is 1.00 bits per heavy atom. The molecule has 0 N–H and O–H groups in total. The van der Waals surface area contributed by atoms with Gasteiger partial charge in [0, 0.05) is 0 Å². The van der Waals surface area contributed by atoms with Crippen molar-refractivity contribution in [3.05, 3.63) is 60.7 Å². The summed E-state index contributed by atoms with van der Waals surface area (Å²) in [5.41, 5.74) is 2.52. The van der Waals surface area contributed by atoms with E-state index in [4.69, 9.17) is 0 Å². The summed E-state index contributed by atoms with van der Waals surface area (Å²) in [7, 11) is 0. The molecule has 0 saturated heterocycles. The van der Waals surface area contributed by atoms with Crippen LogP contribution in [-0.4, -0.2) is 13.6 Å². The van der Waals surface area contributed by atoms with Gasteiger partial charge in [0.2, 0.25) is 0 Å². The second kappa shape index (κ2) is 4.94. The van der Waals surface area contributed by atoms with Gasteiger partial charge in [0.15, 0.2) is 0 Å². The first-order chi connectivity index (χ1) is 8.46. The predicted molar refractivity (Wildman–Crippen MR) is 83.5 cm³/mol. The fourth-order valence-corrected chi connectivity index (χ4v) is 9.48. The second-order valence-electron chi connectivity index (χ2n) is 5.85. The molecule has 0 aromatic heterocycles. The standard InChI is InChI=1S/C17H22As/c1-17(2,3)18(4,15-11-7-5-8-12-15)16-13-9-6-10-14-16/h5-14H,1-4H3/q+1. The van der Waals surface area contributed by atoms with Gasteiger partial charge in [-0.15, -0.1) is 0 Å². The molecule has 0 atom stereocenters. The normalized spacial score (nSPS) is 12.4. The van der Waals surface area contributed by atoms with Crippen LogP contribution in [0.25, 0.3) is 0 Å². The topological polar surface area (TPSA) is 0 Å². The molecule has 0 unspecified atom stereocenters. The van der Waals surface area contributed by atoms with E-state index in [0.29, 0.717) is 4.20 Å². The molecule has 0 radical (unpaired) electrons. The Balaban J connectivity index is 2.63. The van der Waals surface area contributed by atoms with E-state index in [-0.39, 0.29) is 0 Å². The molecule has 94 valence electrons. The summed E-state index contributed by atoms with van der Waals surface area (Å²) in [4.78, 5) is 0. The van der Waals surface area contributed by atoms with E-state index in [1.807, 2.05) is 0 Å². The summed E-state index contributed by atoms with van der Waals surface area (Å²) in [6.07, 6.45) is 0. The zero-order valence-corrected chi connectivity index (χ0v) is 13.6. The quantitative estimate of drug-likeness (QED) is 0.742. The monoisotopic (exact) mass is 301 g/mol. The van der Waals surface area contributed by atoms with Gasteiger partial charge in [-0.2, -0.15) is 0 Å². The van der Waals surface area contributed by atoms with E-state index in [1.54, 1.807) is 8.70 Å². The van der Waals surface area contributed by atoms with Crippen molar-refractivity contribution in [1.82, 2.24) is 0 Å². The fraction of sp³-hybridized carbons (Fsp3) is 0.294. The molecule has 18 heavy (non-hydrogen) atoms. The van der Waals surface area contributed by atoms with Crippen LogP contribution in [0, 0.1) is 0 Å². The van der Waals surface area contributed by atoms with Crippen molar-refractivity contribution in [2.45, 2.75) is 30.7 Å². The molecular weight excluding hydrogens is 279 g/mol. The minimum atomic E-state index is -2.11. The van der Waals surface area contributed by atoms with Crippen LogP contribution in [-0.2, 0) is 0 Å². The summed E-state index contributed by atoms with van der Waals surface area (Å²) in [5.74, 6) is 0. The van der Waals surface area contributed by atoms with Crippen LogP contribution in [0.1, 0.15) is 20.8 Å². The number of benzene rings is 2. The Morgan fingerprint density at radius 1 is 0.667 bits per heavy atom. The second-order valence-corrected chi connectivity index (χ2v) is 15.1. The zero-order valence-electron chi connectivity index (χ0n) is 11.7. The van der Waals surface area contributed by atoms with Gasteiger partial charge < -0.3 is 0 Å². The molecule has 0 aliphatic rings. The molecule has 2 rings (SSSR count). The third-order valence-corrected chi connectivity index (χ3v) is 15.1.